The summed E-state index contributed by atoms with van der Waals surface area (Å²) >= 11 is 0. The van der Waals surface area contributed by atoms with Crippen molar-refractivity contribution in [3.8, 4) is 0 Å². The van der Waals surface area contributed by atoms with E-state index in [1.54, 1.807) is 0 Å². The van der Waals surface area contributed by atoms with Gasteiger partial charge >= 0.3 is 0 Å². The minimum atomic E-state index is 0.700. The normalized spacial score (nSPS) is 12.1. The van der Waals surface area contributed by atoms with Gasteiger partial charge in [0.25, 0.3) is 0 Å². The highest BCUT2D eigenvalue weighted by atomic mass is 16.1. The predicted octanol–water partition coefficient (Wildman–Crippen LogP) is 11.3. The van der Waals surface area contributed by atoms with Crippen molar-refractivity contribution < 1.29 is 4.79 Å². The number of carbonyl (C=O) groups is 1. The van der Waals surface area contributed by atoms with Crippen LogP contribution in [-0.2, 0) is 0 Å². The third kappa shape index (κ3) is 23.8. The van der Waals surface area contributed by atoms with Crippen molar-refractivity contribution in [2.75, 3.05) is 7.05 Å². The fourth-order valence-corrected chi connectivity index (χ4v) is 3.41. The van der Waals surface area contributed by atoms with E-state index in [1.165, 1.54) is 64.2 Å². The van der Waals surface area contributed by atoms with E-state index in [9.17, 15) is 4.79 Å². The summed E-state index contributed by atoms with van der Waals surface area (Å²) in [5.41, 5.74) is 4.05. The summed E-state index contributed by atoms with van der Waals surface area (Å²) in [5, 5.41) is 2.95. The lowest BCUT2D eigenvalue weighted by Crippen LogP contribution is -1.90. The van der Waals surface area contributed by atoms with E-state index in [-0.39, 0.29) is 0 Å². The van der Waals surface area contributed by atoms with Crippen LogP contribution < -0.4 is 5.32 Å². The fourth-order valence-electron chi connectivity index (χ4n) is 3.41. The van der Waals surface area contributed by atoms with Gasteiger partial charge in [-0.2, -0.15) is 0 Å². The summed E-state index contributed by atoms with van der Waals surface area (Å²) in [4.78, 5) is 10.6. The summed E-state index contributed by atoms with van der Waals surface area (Å²) in [6.45, 7) is 17.1. The molecule has 1 atom stereocenters. The van der Waals surface area contributed by atoms with E-state index in [0.717, 1.165) is 35.3 Å². The Labute approximate surface area is 237 Å². The van der Waals surface area contributed by atoms with Crippen LogP contribution in [0.25, 0.3) is 5.57 Å². The number of nitrogens with one attached hydrogen (secondary N) is 1. The standard InChI is InChI=1S/C16H18O.C12H23N.C8H18/c1-4-13(3)6-9-15(5-2)16-10-7-14(12-17)8-11-16;1-4-12(2)10-8-6-5-7-9-11-13-3;1-3-5-7-8-6-4-2/h5-12H,3-4H2,1-2H3;5,7,9,11-13H,4,6,8,10H2,1-3H3;3-8H2,1-2H3/b9-6-,15-5+;7-5-,11-9-;. The Bertz CT molecular complexity index is 789. The third-order valence-corrected chi connectivity index (χ3v) is 6.38. The summed E-state index contributed by atoms with van der Waals surface area (Å²) in [7, 11) is 1.91. The molecule has 1 aromatic rings. The zero-order valence-electron chi connectivity index (χ0n) is 25.9. The van der Waals surface area contributed by atoms with Crippen LogP contribution in [0.4, 0.5) is 0 Å². The van der Waals surface area contributed by atoms with Crippen LogP contribution in [0.2, 0.25) is 0 Å². The zero-order valence-corrected chi connectivity index (χ0v) is 25.9. The van der Waals surface area contributed by atoms with Crippen molar-refractivity contribution in [2.45, 2.75) is 112 Å². The van der Waals surface area contributed by atoms with Gasteiger partial charge in [0, 0.05) is 12.6 Å². The highest BCUT2D eigenvalue weighted by molar-refractivity contribution is 5.79. The highest BCUT2D eigenvalue weighted by Gasteiger charge is 1.97. The van der Waals surface area contributed by atoms with Gasteiger partial charge in [0.2, 0.25) is 0 Å². The van der Waals surface area contributed by atoms with Crippen LogP contribution in [0.15, 0.2) is 79.1 Å². The molecular formula is C36H59NO. The van der Waals surface area contributed by atoms with E-state index in [4.69, 9.17) is 0 Å². The topological polar surface area (TPSA) is 29.1 Å². The highest BCUT2D eigenvalue weighted by Crippen LogP contribution is 2.17. The van der Waals surface area contributed by atoms with Crippen molar-refractivity contribution in [3.05, 3.63) is 90.2 Å². The number of hydrogen-bond acceptors (Lipinski definition) is 2. The Morgan fingerprint density at radius 3 is 2.03 bits per heavy atom. The Balaban J connectivity index is 0. The molecule has 38 heavy (non-hydrogen) atoms. The van der Waals surface area contributed by atoms with Crippen molar-refractivity contribution in [2.24, 2.45) is 5.92 Å². The third-order valence-electron chi connectivity index (χ3n) is 6.38. The minimum absolute atomic E-state index is 0.700. The zero-order chi connectivity index (χ0) is 28.9. The number of hydrogen-bond donors (Lipinski definition) is 1. The van der Waals surface area contributed by atoms with E-state index in [2.05, 4.69) is 70.8 Å². The molecule has 214 valence electrons. The summed E-state index contributed by atoms with van der Waals surface area (Å²) in [6, 6.07) is 7.57. The molecule has 0 saturated carbocycles. The minimum Gasteiger partial charge on any atom is -0.394 e. The van der Waals surface area contributed by atoms with Gasteiger partial charge in [0.15, 0.2) is 0 Å². The average molecular weight is 522 g/mol. The molecule has 0 bridgehead atoms. The summed E-state index contributed by atoms with van der Waals surface area (Å²) in [5.74, 6) is 0.890. The number of allylic oxidation sites excluding steroid dienone is 8. The number of aldehydes is 1. The first-order chi connectivity index (χ1) is 18.4. The number of unbranched alkanes of at least 4 members (excludes halogenated alkanes) is 6. The number of benzene rings is 1. The molecule has 0 aliphatic carbocycles. The van der Waals surface area contributed by atoms with Crippen LogP contribution in [0.3, 0.4) is 0 Å². The summed E-state index contributed by atoms with van der Waals surface area (Å²) < 4.78 is 0. The SMILES string of the molecule is C=C(/C=C\C(=C/C)c1ccc(C=O)cc1)CC.CCC(C)CCC/C=C\C=C/NC.CCCCCCCC. The Kier molecular flexibility index (Phi) is 28.6. The molecular weight excluding hydrogens is 462 g/mol. The maximum Gasteiger partial charge on any atom is 0.150 e. The summed E-state index contributed by atoms with van der Waals surface area (Å²) in [6.07, 6.45) is 29.9. The van der Waals surface area contributed by atoms with Gasteiger partial charge < -0.3 is 5.32 Å². The number of rotatable bonds is 17. The maximum absolute atomic E-state index is 10.6. The second-order valence-electron chi connectivity index (χ2n) is 9.76. The molecule has 0 aliphatic heterocycles. The molecule has 1 unspecified atom stereocenters. The van der Waals surface area contributed by atoms with Gasteiger partial charge in [-0.25, -0.2) is 0 Å². The predicted molar refractivity (Wildman–Crippen MR) is 174 cm³/mol. The Morgan fingerprint density at radius 1 is 0.921 bits per heavy atom. The van der Waals surface area contributed by atoms with E-state index >= 15 is 0 Å². The molecule has 0 spiro atoms. The van der Waals surface area contributed by atoms with E-state index in [0.29, 0.717) is 5.56 Å². The lowest BCUT2D eigenvalue weighted by molar-refractivity contribution is 0.112. The smallest absolute Gasteiger partial charge is 0.150 e. The fraction of sp³-hybridized carbons (Fsp3) is 0.528. The van der Waals surface area contributed by atoms with Gasteiger partial charge in [0.1, 0.15) is 6.29 Å². The lowest BCUT2D eigenvalue weighted by atomic mass is 10.0. The van der Waals surface area contributed by atoms with E-state index in [1.807, 2.05) is 56.6 Å². The average Bonchev–Trinajstić information content (AvgIpc) is 2.96. The lowest BCUT2D eigenvalue weighted by Gasteiger charge is -2.05. The molecule has 0 heterocycles. The second-order valence-corrected chi connectivity index (χ2v) is 9.76. The van der Waals surface area contributed by atoms with Gasteiger partial charge in [0.05, 0.1) is 0 Å². The van der Waals surface area contributed by atoms with Gasteiger partial charge in [-0.15, -0.1) is 0 Å². The molecule has 0 aliphatic rings. The molecule has 1 aromatic carbocycles. The van der Waals surface area contributed by atoms with Gasteiger partial charge in [-0.05, 0) is 55.5 Å². The van der Waals surface area contributed by atoms with Crippen LogP contribution >= 0.6 is 0 Å². The molecule has 2 heteroatoms. The van der Waals surface area contributed by atoms with Crippen LogP contribution in [-0.4, -0.2) is 13.3 Å². The van der Waals surface area contributed by atoms with E-state index < -0.39 is 0 Å². The molecule has 1 rings (SSSR count). The first-order valence-electron chi connectivity index (χ1n) is 15.0. The van der Waals surface area contributed by atoms with Crippen LogP contribution in [0.5, 0.6) is 0 Å². The largest absolute Gasteiger partial charge is 0.394 e. The molecule has 2 nitrogen and oxygen atoms in total. The van der Waals surface area contributed by atoms with Crippen molar-refractivity contribution in [1.82, 2.24) is 5.32 Å². The second kappa shape index (κ2) is 29.0. The van der Waals surface area contributed by atoms with Crippen LogP contribution in [0, 0.1) is 5.92 Å². The van der Waals surface area contributed by atoms with Crippen molar-refractivity contribution in [3.63, 3.8) is 0 Å². The quantitative estimate of drug-likeness (QED) is 0.125. The first-order valence-corrected chi connectivity index (χ1v) is 15.0. The molecule has 0 aromatic heterocycles. The maximum atomic E-state index is 10.6. The van der Waals surface area contributed by atoms with Gasteiger partial charge in [-0.3, -0.25) is 4.79 Å². The molecule has 0 radical (unpaired) electrons. The Hall–Kier alpha value is -2.61. The molecule has 1 N–H and O–H groups in total. The van der Waals surface area contributed by atoms with Gasteiger partial charge in [-0.1, -0.05) is 153 Å². The van der Waals surface area contributed by atoms with Crippen molar-refractivity contribution in [1.29, 1.82) is 0 Å². The monoisotopic (exact) mass is 521 g/mol. The van der Waals surface area contributed by atoms with Crippen LogP contribution in [0.1, 0.15) is 128 Å². The first kappa shape index (κ1) is 37.5. The number of carbonyl (C=O) groups excluding carboxylic acids is 1. The van der Waals surface area contributed by atoms with Crippen molar-refractivity contribution >= 4 is 11.9 Å². The Morgan fingerprint density at radius 2 is 1.55 bits per heavy atom. The molecule has 0 fully saturated rings. The molecule has 0 saturated heterocycles. The molecule has 0 amide bonds.